The third-order valence-corrected chi connectivity index (χ3v) is 11.7. The maximum atomic E-state index is 14.3. The molecule has 350 valence electrons. The van der Waals surface area contributed by atoms with Crippen LogP contribution in [0, 0.1) is 12.8 Å². The summed E-state index contributed by atoms with van der Waals surface area (Å²) in [5.41, 5.74) is -5.45. The smallest absolute Gasteiger partial charge is 0.375 e. The minimum Gasteiger partial charge on any atom is -0.457 e. The number of ketones is 1. The number of imide groups is 1. The number of fused-ring (bicyclic) bond motifs is 2. The van der Waals surface area contributed by atoms with Crippen molar-refractivity contribution in [3.63, 3.8) is 0 Å². The van der Waals surface area contributed by atoms with Crippen LogP contribution in [-0.4, -0.2) is 97.2 Å². The number of cyclic esters (lactones) is 1. The maximum absolute atomic E-state index is 14.3. The lowest BCUT2D eigenvalue weighted by Gasteiger charge is -2.35. The zero-order valence-electron chi connectivity index (χ0n) is 38.2. The van der Waals surface area contributed by atoms with E-state index >= 15 is 0 Å². The van der Waals surface area contributed by atoms with Crippen LogP contribution in [0.4, 0.5) is 0 Å². The number of Topliss-reactive ketones (excluding diaryl/α,β-unsaturated/α-hetero) is 1. The van der Waals surface area contributed by atoms with Gasteiger partial charge in [0.05, 0.1) is 35.1 Å². The van der Waals surface area contributed by atoms with Gasteiger partial charge in [-0.25, -0.2) is 19.4 Å². The lowest BCUT2D eigenvalue weighted by atomic mass is 9.97. The van der Waals surface area contributed by atoms with Crippen molar-refractivity contribution in [3.8, 4) is 11.5 Å². The molecule has 0 saturated carbocycles. The number of ether oxygens (including phenoxy) is 5. The predicted octanol–water partition coefficient (Wildman–Crippen LogP) is 5.96. The number of hydrogen-bond donors (Lipinski definition) is 0. The van der Waals surface area contributed by atoms with Crippen LogP contribution >= 0.6 is 11.3 Å². The fourth-order valence-corrected chi connectivity index (χ4v) is 8.39. The normalized spacial score (nSPS) is 21.4. The first-order valence-corrected chi connectivity index (χ1v) is 22.2. The SMILES string of the molecule is Cc1nc(/C(=N/OC(C)(C)C(=O)OC(C)(C)C)C(=O)C[C@H]2CON(C3(C(=O)OC(C)(C)C)C[C@@H](N4C(=O)c5cc6c(cc5C4=O)OC(c4ccccc4)(c4ccccc4)O6)C(=O)O3)C2=O)cs1. The van der Waals surface area contributed by atoms with E-state index in [0.29, 0.717) is 26.1 Å². The Kier molecular flexibility index (Phi) is 11.6. The topological polar surface area (TPSA) is 216 Å². The Bertz CT molecular complexity index is 2650. The Labute approximate surface area is 389 Å². The molecule has 3 aromatic carbocycles. The van der Waals surface area contributed by atoms with Gasteiger partial charge in [-0.1, -0.05) is 65.8 Å². The van der Waals surface area contributed by atoms with Crippen LogP contribution in [0.3, 0.4) is 0 Å². The lowest BCUT2D eigenvalue weighted by molar-refractivity contribution is -0.263. The highest BCUT2D eigenvalue weighted by Crippen LogP contribution is 2.50. The summed E-state index contributed by atoms with van der Waals surface area (Å²) in [6, 6.07) is 19.2. The molecule has 0 spiro atoms. The molecule has 18 nitrogen and oxygen atoms in total. The summed E-state index contributed by atoms with van der Waals surface area (Å²) in [7, 11) is 0. The van der Waals surface area contributed by atoms with E-state index in [0.717, 1.165) is 0 Å². The Hall–Kier alpha value is -6.99. The molecule has 3 amide bonds. The largest absolute Gasteiger partial charge is 0.457 e. The molecular weight excluding hydrogens is 889 g/mol. The Morgan fingerprint density at radius 1 is 0.806 bits per heavy atom. The molecule has 0 aliphatic carbocycles. The van der Waals surface area contributed by atoms with Gasteiger partial charge in [-0.05, 0) is 74.4 Å². The molecule has 8 rings (SSSR count). The number of esters is 3. The number of thiazole rings is 1. The van der Waals surface area contributed by atoms with Crippen molar-refractivity contribution < 1.29 is 66.9 Å². The van der Waals surface area contributed by atoms with E-state index in [1.165, 1.54) is 37.3 Å². The van der Waals surface area contributed by atoms with Crippen molar-refractivity contribution in [2.75, 3.05) is 6.61 Å². The number of hydrogen-bond acceptors (Lipinski definition) is 17. The number of carbonyl (C=O) groups excluding carboxylic acids is 7. The van der Waals surface area contributed by atoms with Crippen molar-refractivity contribution in [3.05, 3.63) is 111 Å². The number of nitrogens with zero attached hydrogens (tertiary/aromatic N) is 4. The number of aromatic nitrogens is 1. The predicted molar refractivity (Wildman–Crippen MR) is 235 cm³/mol. The minimum atomic E-state index is -2.65. The minimum absolute atomic E-state index is 0.106. The van der Waals surface area contributed by atoms with Gasteiger partial charge in [-0.2, -0.15) is 5.06 Å². The number of amides is 3. The lowest BCUT2D eigenvalue weighted by Crippen LogP contribution is -2.57. The molecule has 1 unspecified atom stereocenters. The number of aryl methyl sites for hydroxylation is 1. The second-order valence-electron chi connectivity index (χ2n) is 18.9. The van der Waals surface area contributed by atoms with Gasteiger partial charge in [0.1, 0.15) is 22.9 Å². The van der Waals surface area contributed by atoms with Gasteiger partial charge < -0.3 is 28.5 Å². The Balaban J connectivity index is 1.05. The van der Waals surface area contributed by atoms with Crippen LogP contribution < -0.4 is 9.47 Å². The summed E-state index contributed by atoms with van der Waals surface area (Å²) < 4.78 is 29.9. The molecule has 1 aromatic heterocycles. The summed E-state index contributed by atoms with van der Waals surface area (Å²) >= 11 is 1.22. The van der Waals surface area contributed by atoms with E-state index in [1.807, 2.05) is 60.7 Å². The molecule has 0 bridgehead atoms. The molecule has 0 radical (unpaired) electrons. The van der Waals surface area contributed by atoms with Gasteiger partial charge in [0, 0.05) is 22.9 Å². The molecule has 4 aliphatic heterocycles. The molecule has 4 aromatic rings. The summed E-state index contributed by atoms with van der Waals surface area (Å²) in [6.45, 7) is 13.8. The van der Waals surface area contributed by atoms with Crippen molar-refractivity contribution in [1.82, 2.24) is 14.9 Å². The van der Waals surface area contributed by atoms with Gasteiger partial charge in [0.25, 0.3) is 17.7 Å². The van der Waals surface area contributed by atoms with Crippen LogP contribution in [0.15, 0.2) is 83.3 Å². The quantitative estimate of drug-likeness (QED) is 0.0526. The number of benzene rings is 3. The highest BCUT2D eigenvalue weighted by molar-refractivity contribution is 7.09. The van der Waals surface area contributed by atoms with Gasteiger partial charge in [-0.15, -0.1) is 11.3 Å². The van der Waals surface area contributed by atoms with E-state index < -0.39 is 101 Å². The fourth-order valence-electron chi connectivity index (χ4n) is 7.79. The molecule has 19 heteroatoms. The van der Waals surface area contributed by atoms with Crippen molar-refractivity contribution in [1.29, 1.82) is 0 Å². The Morgan fingerprint density at radius 2 is 1.36 bits per heavy atom. The van der Waals surface area contributed by atoms with Gasteiger partial charge in [0.2, 0.25) is 5.60 Å². The highest BCUT2D eigenvalue weighted by atomic mass is 32.1. The molecule has 2 fully saturated rings. The third kappa shape index (κ3) is 8.64. The van der Waals surface area contributed by atoms with Crippen LogP contribution in [0.5, 0.6) is 11.5 Å². The van der Waals surface area contributed by atoms with E-state index in [9.17, 15) is 33.6 Å². The van der Waals surface area contributed by atoms with Crippen molar-refractivity contribution in [2.45, 2.75) is 110 Å². The number of oxime groups is 1. The Morgan fingerprint density at radius 3 is 1.87 bits per heavy atom. The number of rotatable bonds is 12. The molecular formula is C48H48N4O14S. The number of hydroxylamine groups is 2. The van der Waals surface area contributed by atoms with Gasteiger partial charge >= 0.3 is 29.4 Å². The first kappa shape index (κ1) is 46.5. The highest BCUT2D eigenvalue weighted by Gasteiger charge is 2.66. The van der Waals surface area contributed by atoms with Gasteiger partial charge in [-0.3, -0.25) is 28.9 Å². The fraction of sp³-hybridized carbons (Fsp3) is 0.396. The van der Waals surface area contributed by atoms with E-state index in [-0.39, 0.29) is 34.0 Å². The number of carbonyl (C=O) groups is 7. The van der Waals surface area contributed by atoms with Crippen LogP contribution in [0.2, 0.25) is 0 Å². The maximum Gasteiger partial charge on any atom is 0.375 e. The van der Waals surface area contributed by atoms with E-state index in [1.54, 1.807) is 53.8 Å². The van der Waals surface area contributed by atoms with Gasteiger partial charge in [0.15, 0.2) is 23.0 Å². The molecule has 4 aliphatic rings. The molecule has 5 heterocycles. The first-order valence-electron chi connectivity index (χ1n) is 21.4. The van der Waals surface area contributed by atoms with E-state index in [4.69, 9.17) is 33.4 Å². The molecule has 2 saturated heterocycles. The monoisotopic (exact) mass is 936 g/mol. The molecule has 0 N–H and O–H groups in total. The molecule has 3 atom stereocenters. The summed E-state index contributed by atoms with van der Waals surface area (Å²) in [5, 5.41) is 6.71. The van der Waals surface area contributed by atoms with Crippen LogP contribution in [-0.2, 0) is 53.6 Å². The molecule has 67 heavy (non-hydrogen) atoms. The van der Waals surface area contributed by atoms with Crippen molar-refractivity contribution in [2.24, 2.45) is 11.1 Å². The van der Waals surface area contributed by atoms with E-state index in [2.05, 4.69) is 10.1 Å². The van der Waals surface area contributed by atoms with Crippen LogP contribution in [0.25, 0.3) is 0 Å². The average Bonchev–Trinajstić information content (AvgIpc) is 4.07. The second kappa shape index (κ2) is 16.7. The zero-order valence-corrected chi connectivity index (χ0v) is 39.0. The second-order valence-corrected chi connectivity index (χ2v) is 19.9. The summed E-state index contributed by atoms with van der Waals surface area (Å²) in [5.74, 6) is -9.12. The summed E-state index contributed by atoms with van der Waals surface area (Å²) in [6.07, 6.45) is -1.35. The average molecular weight is 937 g/mol. The zero-order chi connectivity index (χ0) is 48.4. The standard InChI is InChI=1S/C48H48N4O14S/c1-26-49-32(25-67-26)37(50-66-46(8,9)42(58)64-44(2,3)4)34(53)20-27-24-60-52(38(27)54)47(43(59)65-45(5,6)7)23-33(41(57)63-47)51-39(55)30-21-35-36(22-31(30)40(51)56)62-48(61-35,28-16-12-10-13-17-28)29-18-14-11-15-19-29/h10-19,21-22,25,27,33H,20,23-24H2,1-9H3/b50-37-/t27-,33+,47?/m0/s1. The van der Waals surface area contributed by atoms with Crippen LogP contribution in [0.1, 0.15) is 111 Å². The van der Waals surface area contributed by atoms with Crippen molar-refractivity contribution >= 4 is 58.5 Å². The summed E-state index contributed by atoms with van der Waals surface area (Å²) in [4.78, 5) is 115. The third-order valence-electron chi connectivity index (χ3n) is 10.9. The first-order chi connectivity index (χ1) is 31.4.